The van der Waals surface area contributed by atoms with Gasteiger partial charge in [-0.3, -0.25) is 0 Å². The Hall–Kier alpha value is 0.457. The van der Waals surface area contributed by atoms with Crippen LogP contribution in [0.2, 0.25) is 18.1 Å². The van der Waals surface area contributed by atoms with E-state index in [0.717, 1.165) is 11.8 Å². The van der Waals surface area contributed by atoms with E-state index in [1.54, 1.807) is 0 Å². The summed E-state index contributed by atoms with van der Waals surface area (Å²) in [5.74, 6) is 3.16. The van der Waals surface area contributed by atoms with E-state index in [2.05, 4.69) is 71.2 Å². The fourth-order valence-corrected chi connectivity index (χ4v) is 8.81. The highest BCUT2D eigenvalue weighted by Gasteiger charge is 2.45. The van der Waals surface area contributed by atoms with Crippen LogP contribution >= 0.6 is 23.5 Å². The molecule has 0 aromatic rings. The van der Waals surface area contributed by atoms with E-state index < -0.39 is 8.07 Å². The zero-order valence-electron chi connectivity index (χ0n) is 14.2. The first-order valence-corrected chi connectivity index (χ1v) is 12.8. The van der Waals surface area contributed by atoms with E-state index in [4.69, 9.17) is 0 Å². The van der Waals surface area contributed by atoms with Gasteiger partial charge in [0.05, 0.1) is 9.96 Å². The lowest BCUT2D eigenvalue weighted by Gasteiger charge is -2.43. The quantitative estimate of drug-likeness (QED) is 0.486. The van der Waals surface area contributed by atoms with Crippen molar-refractivity contribution < 1.29 is 5.11 Å². The summed E-state index contributed by atoms with van der Waals surface area (Å²) in [6, 6.07) is 0. The molecule has 1 heterocycles. The molecule has 1 rings (SSSR count). The summed E-state index contributed by atoms with van der Waals surface area (Å²) in [7, 11) is -1.83. The Bertz CT molecular complexity index is 355. The van der Waals surface area contributed by atoms with Crippen LogP contribution in [0.1, 0.15) is 47.5 Å². The van der Waals surface area contributed by atoms with Crippen LogP contribution in [-0.2, 0) is 0 Å². The molecule has 0 spiro atoms. The third kappa shape index (κ3) is 4.01. The summed E-state index contributed by atoms with van der Waals surface area (Å²) >= 11 is 4.13. The van der Waals surface area contributed by atoms with Crippen molar-refractivity contribution >= 4 is 31.6 Å². The van der Waals surface area contributed by atoms with Gasteiger partial charge in [-0.05, 0) is 47.8 Å². The summed E-state index contributed by atoms with van der Waals surface area (Å²) in [5, 5.41) is 11.8. The molecule has 118 valence electrons. The van der Waals surface area contributed by atoms with Gasteiger partial charge in [-0.2, -0.15) is 0 Å². The first-order valence-electron chi connectivity index (χ1n) is 7.73. The van der Waals surface area contributed by atoms with Crippen molar-refractivity contribution in [2.75, 3.05) is 11.5 Å². The number of aliphatic hydroxyl groups is 1. The number of rotatable bonds is 5. The van der Waals surface area contributed by atoms with E-state index in [-0.39, 0.29) is 5.04 Å². The highest BCUT2D eigenvalue weighted by molar-refractivity contribution is 8.17. The number of allylic oxidation sites excluding steroid dienone is 1. The van der Waals surface area contributed by atoms with Crippen molar-refractivity contribution in [1.29, 1.82) is 0 Å². The minimum absolute atomic E-state index is 0.213. The maximum atomic E-state index is 10.9. The lowest BCUT2D eigenvalue weighted by Crippen LogP contribution is -2.45. The van der Waals surface area contributed by atoms with Crippen molar-refractivity contribution in [2.24, 2.45) is 5.92 Å². The summed E-state index contributed by atoms with van der Waals surface area (Å²) in [5.41, 5.74) is 1.24. The Morgan fingerprint density at radius 1 is 1.25 bits per heavy atom. The van der Waals surface area contributed by atoms with Crippen LogP contribution in [0.25, 0.3) is 0 Å². The fraction of sp³-hybridized carbons (Fsp3) is 0.875. The van der Waals surface area contributed by atoms with Gasteiger partial charge < -0.3 is 5.11 Å². The lowest BCUT2D eigenvalue weighted by atomic mass is 9.99. The van der Waals surface area contributed by atoms with Gasteiger partial charge >= 0.3 is 0 Å². The van der Waals surface area contributed by atoms with Crippen LogP contribution in [0, 0.1) is 5.92 Å². The molecule has 0 bridgehead atoms. The first kappa shape index (κ1) is 18.5. The predicted octanol–water partition coefficient (Wildman–Crippen LogP) is 6.09. The van der Waals surface area contributed by atoms with Gasteiger partial charge in [0.1, 0.15) is 8.07 Å². The van der Waals surface area contributed by atoms with E-state index in [9.17, 15) is 5.11 Å². The van der Waals surface area contributed by atoms with Crippen molar-refractivity contribution in [3.63, 3.8) is 0 Å². The molecule has 1 aliphatic heterocycles. The average molecular weight is 333 g/mol. The molecule has 1 fully saturated rings. The summed E-state index contributed by atoms with van der Waals surface area (Å²) in [6.45, 7) is 16.0. The summed E-state index contributed by atoms with van der Waals surface area (Å²) in [6.07, 6.45) is 2.38. The van der Waals surface area contributed by atoms with E-state index in [1.807, 2.05) is 0 Å². The zero-order chi connectivity index (χ0) is 15.6. The molecule has 1 saturated heterocycles. The second kappa shape index (κ2) is 7.15. The van der Waals surface area contributed by atoms with Gasteiger partial charge in [0, 0.05) is 0 Å². The fourth-order valence-electron chi connectivity index (χ4n) is 2.56. The molecular formula is C16H32OS2Si. The molecule has 4 heteroatoms. The van der Waals surface area contributed by atoms with Crippen LogP contribution < -0.4 is 0 Å². The Labute approximate surface area is 135 Å². The Balaban J connectivity index is 2.88. The zero-order valence-corrected chi connectivity index (χ0v) is 16.9. The van der Waals surface area contributed by atoms with Crippen molar-refractivity contribution in [2.45, 2.75) is 70.2 Å². The minimum atomic E-state index is -1.83. The van der Waals surface area contributed by atoms with Crippen molar-refractivity contribution in [1.82, 2.24) is 0 Å². The van der Waals surface area contributed by atoms with Gasteiger partial charge in [-0.1, -0.05) is 40.8 Å². The van der Waals surface area contributed by atoms with E-state index >= 15 is 0 Å². The standard InChI is InChI=1S/C16H32OS2Si/c1-12(2)16(4,5)20(6,7)15(17)13(3)11-14-18-9-8-10-19-14/h12,14,17H,8-11H2,1-7H3. The molecule has 1 aliphatic rings. The Morgan fingerprint density at radius 2 is 1.75 bits per heavy atom. The van der Waals surface area contributed by atoms with Gasteiger partial charge in [-0.15, -0.1) is 23.5 Å². The van der Waals surface area contributed by atoms with Gasteiger partial charge in [-0.25, -0.2) is 0 Å². The lowest BCUT2D eigenvalue weighted by molar-refractivity contribution is 0.403. The molecule has 0 saturated carbocycles. The first-order chi connectivity index (χ1) is 9.10. The highest BCUT2D eigenvalue weighted by Crippen LogP contribution is 2.48. The third-order valence-electron chi connectivity index (χ3n) is 5.42. The Kier molecular flexibility index (Phi) is 6.61. The predicted molar refractivity (Wildman–Crippen MR) is 99.6 cm³/mol. The summed E-state index contributed by atoms with van der Waals surface area (Å²) in [4.78, 5) is 0. The molecule has 1 nitrogen and oxygen atoms in total. The third-order valence-corrected chi connectivity index (χ3v) is 13.8. The van der Waals surface area contributed by atoms with E-state index in [0.29, 0.717) is 10.5 Å². The van der Waals surface area contributed by atoms with Crippen LogP contribution in [0.15, 0.2) is 11.0 Å². The molecule has 20 heavy (non-hydrogen) atoms. The second-order valence-corrected chi connectivity index (χ2v) is 15.3. The molecule has 1 N–H and O–H groups in total. The molecule has 0 aliphatic carbocycles. The smallest absolute Gasteiger partial charge is 0.130 e. The van der Waals surface area contributed by atoms with Crippen LogP contribution in [0.5, 0.6) is 0 Å². The maximum Gasteiger partial charge on any atom is 0.130 e. The number of hydrogen-bond acceptors (Lipinski definition) is 3. The Morgan fingerprint density at radius 3 is 2.20 bits per heavy atom. The summed E-state index contributed by atoms with van der Waals surface area (Å²) < 4.78 is 0.651. The molecule has 0 atom stereocenters. The SMILES string of the molecule is CC(CC1SCCCS1)=C(O)[Si](C)(C)C(C)(C)C(C)C. The van der Waals surface area contributed by atoms with Gasteiger partial charge in [0.2, 0.25) is 0 Å². The molecule has 0 amide bonds. The average Bonchev–Trinajstić information content (AvgIpc) is 2.38. The molecule has 0 aromatic carbocycles. The highest BCUT2D eigenvalue weighted by atomic mass is 32.2. The molecule has 0 radical (unpaired) electrons. The minimum Gasteiger partial charge on any atom is -0.517 e. The van der Waals surface area contributed by atoms with Gasteiger partial charge in [0.25, 0.3) is 0 Å². The number of aliphatic hydroxyl groups excluding tert-OH is 1. The molecular weight excluding hydrogens is 300 g/mol. The van der Waals surface area contributed by atoms with Crippen molar-refractivity contribution in [3.05, 3.63) is 11.0 Å². The normalized spacial score (nSPS) is 20.2. The van der Waals surface area contributed by atoms with E-state index in [1.165, 1.54) is 23.5 Å². The van der Waals surface area contributed by atoms with Gasteiger partial charge in [0.15, 0.2) is 0 Å². The van der Waals surface area contributed by atoms with Crippen LogP contribution in [0.3, 0.4) is 0 Å². The largest absolute Gasteiger partial charge is 0.517 e. The number of thioether (sulfide) groups is 2. The van der Waals surface area contributed by atoms with Crippen LogP contribution in [-0.4, -0.2) is 29.3 Å². The van der Waals surface area contributed by atoms with Crippen LogP contribution in [0.4, 0.5) is 0 Å². The topological polar surface area (TPSA) is 20.2 Å². The monoisotopic (exact) mass is 332 g/mol. The number of hydrogen-bond donors (Lipinski definition) is 1. The molecule has 0 aromatic heterocycles. The van der Waals surface area contributed by atoms with Crippen molar-refractivity contribution in [3.8, 4) is 0 Å². The molecule has 0 unspecified atom stereocenters. The maximum absolute atomic E-state index is 10.9. The second-order valence-electron chi connectivity index (χ2n) is 7.36.